The molecule has 2 atom stereocenters. The quantitative estimate of drug-likeness (QED) is 0.699. The predicted molar refractivity (Wildman–Crippen MR) is 85.4 cm³/mol. The summed E-state index contributed by atoms with van der Waals surface area (Å²) in [6.07, 6.45) is 11.5. The summed E-state index contributed by atoms with van der Waals surface area (Å²) in [6.45, 7) is 13.4. The Hall–Kier alpha value is -0.600. The van der Waals surface area contributed by atoms with Gasteiger partial charge in [-0.2, -0.15) is 0 Å². The van der Waals surface area contributed by atoms with Gasteiger partial charge in [0, 0.05) is 29.6 Å². The van der Waals surface area contributed by atoms with Crippen molar-refractivity contribution in [1.29, 1.82) is 0 Å². The van der Waals surface area contributed by atoms with Gasteiger partial charge in [-0.1, -0.05) is 52.0 Å². The first-order valence-corrected chi connectivity index (χ1v) is 7.72. The van der Waals surface area contributed by atoms with Crippen molar-refractivity contribution in [3.63, 3.8) is 0 Å². The maximum Gasteiger partial charge on any atom is 0.00965 e. The molecule has 0 aromatic carbocycles. The molecule has 0 saturated heterocycles. The van der Waals surface area contributed by atoms with Gasteiger partial charge < -0.3 is 10.6 Å². The molecule has 1 rings (SSSR count). The van der Waals surface area contributed by atoms with Gasteiger partial charge in [-0.05, 0) is 26.7 Å². The maximum atomic E-state index is 3.62. The van der Waals surface area contributed by atoms with Crippen LogP contribution in [0.4, 0.5) is 0 Å². The monoisotopic (exact) mass is 264 g/mol. The molecule has 19 heavy (non-hydrogen) atoms. The number of hydrogen-bond donors (Lipinski definition) is 2. The van der Waals surface area contributed by atoms with Gasteiger partial charge in [0.2, 0.25) is 0 Å². The molecule has 0 radical (unpaired) electrons. The van der Waals surface area contributed by atoms with Crippen LogP contribution in [0, 0.1) is 5.41 Å². The van der Waals surface area contributed by atoms with E-state index in [9.17, 15) is 0 Å². The van der Waals surface area contributed by atoms with E-state index >= 15 is 0 Å². The molecule has 110 valence electrons. The van der Waals surface area contributed by atoms with Crippen LogP contribution in [0.5, 0.6) is 0 Å². The van der Waals surface area contributed by atoms with Gasteiger partial charge in [0.15, 0.2) is 0 Å². The SMILES string of the molecule is CC(C)NC(C)CC1(CC(C)NC(C)C)C=CC=C1. The molecular formula is C17H32N2. The third-order valence-corrected chi connectivity index (χ3v) is 3.58. The zero-order valence-corrected chi connectivity index (χ0v) is 13.5. The number of rotatable bonds is 8. The minimum absolute atomic E-state index is 0.225. The number of allylic oxidation sites excluding steroid dienone is 4. The Bertz CT molecular complexity index is 283. The molecule has 0 amide bonds. The molecular weight excluding hydrogens is 232 g/mol. The Balaban J connectivity index is 2.60. The summed E-state index contributed by atoms with van der Waals surface area (Å²) >= 11 is 0. The fourth-order valence-electron chi connectivity index (χ4n) is 3.30. The van der Waals surface area contributed by atoms with E-state index in [1.54, 1.807) is 0 Å². The molecule has 1 aliphatic carbocycles. The van der Waals surface area contributed by atoms with Crippen molar-refractivity contribution >= 4 is 0 Å². The van der Waals surface area contributed by atoms with E-state index in [1.165, 1.54) is 12.8 Å². The standard InChI is InChI=1S/C17H32N2/c1-13(2)18-15(5)11-17(9-7-8-10-17)12-16(6)19-14(3)4/h7-10,13-16,18-19H,11-12H2,1-6H3. The smallest absolute Gasteiger partial charge is 0.00965 e. The first kappa shape index (κ1) is 16.5. The summed E-state index contributed by atoms with van der Waals surface area (Å²) in [4.78, 5) is 0. The van der Waals surface area contributed by atoms with Crippen molar-refractivity contribution in [2.45, 2.75) is 78.6 Å². The van der Waals surface area contributed by atoms with Crippen LogP contribution in [-0.4, -0.2) is 24.2 Å². The van der Waals surface area contributed by atoms with Crippen LogP contribution in [0.3, 0.4) is 0 Å². The lowest BCUT2D eigenvalue weighted by Gasteiger charge is -2.33. The molecule has 1 aliphatic rings. The average molecular weight is 264 g/mol. The summed E-state index contributed by atoms with van der Waals surface area (Å²) in [7, 11) is 0. The van der Waals surface area contributed by atoms with E-state index in [2.05, 4.69) is 76.5 Å². The third-order valence-electron chi connectivity index (χ3n) is 3.58. The first-order valence-electron chi connectivity index (χ1n) is 7.72. The van der Waals surface area contributed by atoms with E-state index in [1.807, 2.05) is 0 Å². The van der Waals surface area contributed by atoms with Crippen LogP contribution in [0.1, 0.15) is 54.4 Å². The van der Waals surface area contributed by atoms with Gasteiger partial charge in [0.1, 0.15) is 0 Å². The Labute approximate surface area is 119 Å². The lowest BCUT2D eigenvalue weighted by atomic mass is 9.78. The summed E-state index contributed by atoms with van der Waals surface area (Å²) < 4.78 is 0. The van der Waals surface area contributed by atoms with Crippen molar-refractivity contribution < 1.29 is 0 Å². The second-order valence-corrected chi connectivity index (χ2v) is 6.80. The molecule has 0 bridgehead atoms. The van der Waals surface area contributed by atoms with Crippen LogP contribution in [0.25, 0.3) is 0 Å². The predicted octanol–water partition coefficient (Wildman–Crippen LogP) is 3.65. The molecule has 0 saturated carbocycles. The van der Waals surface area contributed by atoms with Crippen molar-refractivity contribution in [1.82, 2.24) is 10.6 Å². The van der Waals surface area contributed by atoms with Crippen molar-refractivity contribution in [3.05, 3.63) is 24.3 Å². The number of nitrogens with one attached hydrogen (secondary N) is 2. The molecule has 0 fully saturated rings. The fourth-order valence-corrected chi connectivity index (χ4v) is 3.30. The van der Waals surface area contributed by atoms with Gasteiger partial charge in [-0.3, -0.25) is 0 Å². The van der Waals surface area contributed by atoms with Crippen LogP contribution in [0.15, 0.2) is 24.3 Å². The normalized spacial score (nSPS) is 20.4. The van der Waals surface area contributed by atoms with Gasteiger partial charge in [0.05, 0.1) is 0 Å². The molecule has 2 heteroatoms. The van der Waals surface area contributed by atoms with Crippen molar-refractivity contribution in [2.75, 3.05) is 0 Å². The van der Waals surface area contributed by atoms with Gasteiger partial charge in [-0.15, -0.1) is 0 Å². The van der Waals surface area contributed by atoms with E-state index in [4.69, 9.17) is 0 Å². The molecule has 2 unspecified atom stereocenters. The highest BCUT2D eigenvalue weighted by molar-refractivity contribution is 5.25. The number of hydrogen-bond acceptors (Lipinski definition) is 2. The molecule has 0 aliphatic heterocycles. The Morgan fingerprint density at radius 2 is 1.11 bits per heavy atom. The second-order valence-electron chi connectivity index (χ2n) is 6.80. The minimum atomic E-state index is 0.225. The van der Waals surface area contributed by atoms with Gasteiger partial charge in [0.25, 0.3) is 0 Å². The largest absolute Gasteiger partial charge is 0.312 e. The van der Waals surface area contributed by atoms with E-state index in [0.717, 1.165) is 0 Å². The van der Waals surface area contributed by atoms with Gasteiger partial charge >= 0.3 is 0 Å². The topological polar surface area (TPSA) is 24.1 Å². The zero-order chi connectivity index (χ0) is 14.5. The van der Waals surface area contributed by atoms with Crippen LogP contribution >= 0.6 is 0 Å². The van der Waals surface area contributed by atoms with E-state index in [0.29, 0.717) is 24.2 Å². The molecule has 0 aromatic rings. The van der Waals surface area contributed by atoms with Gasteiger partial charge in [-0.25, -0.2) is 0 Å². The average Bonchev–Trinajstić information content (AvgIpc) is 2.62. The maximum absolute atomic E-state index is 3.62. The fraction of sp³-hybridized carbons (Fsp3) is 0.765. The molecule has 2 N–H and O–H groups in total. The van der Waals surface area contributed by atoms with E-state index < -0.39 is 0 Å². The highest BCUT2D eigenvalue weighted by Crippen LogP contribution is 2.36. The summed E-state index contributed by atoms with van der Waals surface area (Å²) in [6, 6.07) is 2.18. The highest BCUT2D eigenvalue weighted by Gasteiger charge is 2.30. The molecule has 0 spiro atoms. The summed E-state index contributed by atoms with van der Waals surface area (Å²) in [5, 5.41) is 7.24. The Morgan fingerprint density at radius 1 is 0.737 bits per heavy atom. The van der Waals surface area contributed by atoms with Crippen LogP contribution in [0.2, 0.25) is 0 Å². The lowest BCUT2D eigenvalue weighted by molar-refractivity contribution is 0.300. The summed E-state index contributed by atoms with van der Waals surface area (Å²) in [5.74, 6) is 0. The Morgan fingerprint density at radius 3 is 1.42 bits per heavy atom. The highest BCUT2D eigenvalue weighted by atomic mass is 14.9. The third kappa shape index (κ3) is 5.92. The molecule has 0 aromatic heterocycles. The first-order chi connectivity index (χ1) is 8.83. The minimum Gasteiger partial charge on any atom is -0.312 e. The van der Waals surface area contributed by atoms with Crippen LogP contribution < -0.4 is 10.6 Å². The second kappa shape index (κ2) is 7.25. The zero-order valence-electron chi connectivity index (χ0n) is 13.5. The summed E-state index contributed by atoms with van der Waals surface area (Å²) in [5.41, 5.74) is 0.225. The Kier molecular flexibility index (Phi) is 6.28. The van der Waals surface area contributed by atoms with E-state index in [-0.39, 0.29) is 5.41 Å². The van der Waals surface area contributed by atoms with Crippen molar-refractivity contribution in [2.24, 2.45) is 5.41 Å². The lowest BCUT2D eigenvalue weighted by Crippen LogP contribution is -2.40. The molecule has 2 nitrogen and oxygen atoms in total. The molecule has 0 heterocycles. The van der Waals surface area contributed by atoms with Crippen molar-refractivity contribution in [3.8, 4) is 0 Å². The van der Waals surface area contributed by atoms with Crippen LogP contribution in [-0.2, 0) is 0 Å².